The highest BCUT2D eigenvalue weighted by Crippen LogP contribution is 2.24. The van der Waals surface area contributed by atoms with Crippen molar-refractivity contribution in [2.24, 2.45) is 0 Å². The van der Waals surface area contributed by atoms with Crippen molar-refractivity contribution in [3.05, 3.63) is 74.3 Å². The molecule has 2 aromatic rings. The average molecular weight is 333 g/mol. The molecule has 0 radical (unpaired) electrons. The summed E-state index contributed by atoms with van der Waals surface area (Å²) >= 11 is 5.69. The maximum absolute atomic E-state index is 12.0. The molecule has 0 aliphatic carbocycles. The molecule has 0 aliphatic rings. The Hall–Kier alpha value is -2.73. The molecule has 0 heterocycles. The van der Waals surface area contributed by atoms with Crippen LogP contribution in [0.3, 0.4) is 0 Å². The number of hydrogen-bond acceptors (Lipinski definition) is 4. The minimum atomic E-state index is -0.670. The van der Waals surface area contributed by atoms with Crippen molar-refractivity contribution in [3.8, 4) is 0 Å². The smallest absolute Gasteiger partial charge is 0.288 e. The van der Waals surface area contributed by atoms with Gasteiger partial charge >= 0.3 is 0 Å². The van der Waals surface area contributed by atoms with E-state index in [1.54, 1.807) is 24.3 Å². The van der Waals surface area contributed by atoms with E-state index < -0.39 is 10.8 Å². The fourth-order valence-corrected chi connectivity index (χ4v) is 2.08. The van der Waals surface area contributed by atoms with Crippen LogP contribution in [0.2, 0.25) is 5.02 Å². The van der Waals surface area contributed by atoms with Crippen molar-refractivity contribution < 1.29 is 14.5 Å². The van der Waals surface area contributed by atoms with Crippen molar-refractivity contribution in [2.45, 2.75) is 6.92 Å². The summed E-state index contributed by atoms with van der Waals surface area (Å²) in [5.41, 5.74) is 1.22. The molecule has 1 amide bonds. The zero-order valence-electron chi connectivity index (χ0n) is 12.2. The van der Waals surface area contributed by atoms with Gasteiger partial charge in [0.25, 0.3) is 11.6 Å². The van der Waals surface area contributed by atoms with Gasteiger partial charge in [-0.25, -0.2) is 0 Å². The van der Waals surface area contributed by atoms with Crippen LogP contribution in [-0.2, 0) is 0 Å². The Balaban J connectivity index is 2.05. The first kappa shape index (κ1) is 16.6. The Morgan fingerprint density at radius 2 is 1.74 bits per heavy atom. The van der Waals surface area contributed by atoms with Crippen LogP contribution in [0, 0.1) is 17.0 Å². The first-order valence-electron chi connectivity index (χ1n) is 6.70. The number of nitro groups is 1. The maximum Gasteiger partial charge on any atom is 0.288 e. The fraction of sp³-hybridized carbons (Fsp3) is 0.125. The molecule has 0 atom stereocenters. The predicted octanol–water partition coefficient (Wildman–Crippen LogP) is 3.17. The van der Waals surface area contributed by atoms with Gasteiger partial charge < -0.3 is 5.32 Å². The molecule has 0 saturated carbocycles. The van der Waals surface area contributed by atoms with Crippen molar-refractivity contribution in [3.63, 3.8) is 0 Å². The summed E-state index contributed by atoms with van der Waals surface area (Å²) in [6.45, 7) is 1.71. The van der Waals surface area contributed by atoms with E-state index in [1.165, 1.54) is 12.1 Å². The van der Waals surface area contributed by atoms with E-state index in [-0.39, 0.29) is 28.6 Å². The van der Waals surface area contributed by atoms with Crippen LogP contribution in [0.25, 0.3) is 0 Å². The van der Waals surface area contributed by atoms with Gasteiger partial charge in [-0.05, 0) is 19.1 Å². The van der Waals surface area contributed by atoms with Gasteiger partial charge in [-0.2, -0.15) is 0 Å². The van der Waals surface area contributed by atoms with Gasteiger partial charge in [0.2, 0.25) is 0 Å². The number of hydrogen-bond donors (Lipinski definition) is 1. The maximum atomic E-state index is 12.0. The van der Waals surface area contributed by atoms with E-state index in [0.29, 0.717) is 5.56 Å². The summed E-state index contributed by atoms with van der Waals surface area (Å²) in [7, 11) is 0. The van der Waals surface area contributed by atoms with E-state index >= 15 is 0 Å². The minimum absolute atomic E-state index is 0.0534. The fourth-order valence-electron chi connectivity index (χ4n) is 1.90. The van der Waals surface area contributed by atoms with E-state index in [4.69, 9.17) is 11.6 Å². The summed E-state index contributed by atoms with van der Waals surface area (Å²) in [4.78, 5) is 34.1. The molecule has 0 aliphatic heterocycles. The number of Topliss-reactive ketones (excluding diaryl/α,β-unsaturated/α-hetero) is 1. The summed E-state index contributed by atoms with van der Waals surface area (Å²) in [6.07, 6.45) is 0. The number of nitrogens with zero attached hydrogens (tertiary/aromatic N) is 1. The van der Waals surface area contributed by atoms with Crippen LogP contribution in [0.4, 0.5) is 5.69 Å². The second-order valence-electron chi connectivity index (χ2n) is 4.90. The zero-order valence-corrected chi connectivity index (χ0v) is 13.0. The molecule has 7 heteroatoms. The number of aryl methyl sites for hydroxylation is 1. The molecular formula is C16H13ClN2O4. The van der Waals surface area contributed by atoms with Crippen LogP contribution in [0.1, 0.15) is 26.3 Å². The molecule has 0 fully saturated rings. The number of amides is 1. The Bertz CT molecular complexity index is 772. The third-order valence-electron chi connectivity index (χ3n) is 3.19. The third kappa shape index (κ3) is 4.14. The molecule has 0 spiro atoms. The number of ketones is 1. The van der Waals surface area contributed by atoms with Crippen molar-refractivity contribution >= 4 is 29.0 Å². The summed E-state index contributed by atoms with van der Waals surface area (Å²) in [6, 6.07) is 10.7. The topological polar surface area (TPSA) is 89.3 Å². The van der Waals surface area contributed by atoms with Gasteiger partial charge in [-0.15, -0.1) is 0 Å². The molecule has 0 aromatic heterocycles. The van der Waals surface area contributed by atoms with Gasteiger partial charge in [0.05, 0.1) is 11.5 Å². The zero-order chi connectivity index (χ0) is 17.0. The van der Waals surface area contributed by atoms with Crippen LogP contribution >= 0.6 is 11.6 Å². The van der Waals surface area contributed by atoms with Gasteiger partial charge in [0.1, 0.15) is 5.02 Å². The number of carbonyl (C=O) groups excluding carboxylic acids is 2. The Morgan fingerprint density at radius 1 is 1.13 bits per heavy atom. The number of nitro benzene ring substituents is 1. The van der Waals surface area contributed by atoms with Gasteiger partial charge in [0, 0.05) is 17.2 Å². The average Bonchev–Trinajstić information content (AvgIpc) is 2.53. The standard InChI is InChI=1S/C16H13ClN2O4/c1-10-2-4-11(5-3-10)15(20)9-18-16(21)12-6-7-13(17)14(8-12)19(22)23/h2-8H,9H2,1H3,(H,18,21). The largest absolute Gasteiger partial charge is 0.345 e. The van der Waals surface area contributed by atoms with E-state index in [1.807, 2.05) is 6.92 Å². The van der Waals surface area contributed by atoms with Crippen LogP contribution < -0.4 is 5.32 Å². The molecule has 118 valence electrons. The highest BCUT2D eigenvalue weighted by atomic mass is 35.5. The van der Waals surface area contributed by atoms with E-state index in [0.717, 1.165) is 11.6 Å². The van der Waals surface area contributed by atoms with E-state index in [2.05, 4.69) is 5.32 Å². The van der Waals surface area contributed by atoms with Crippen LogP contribution in [-0.4, -0.2) is 23.2 Å². The van der Waals surface area contributed by atoms with Crippen LogP contribution in [0.5, 0.6) is 0 Å². The van der Waals surface area contributed by atoms with Crippen molar-refractivity contribution in [1.29, 1.82) is 0 Å². The molecule has 23 heavy (non-hydrogen) atoms. The van der Waals surface area contributed by atoms with Crippen molar-refractivity contribution in [2.75, 3.05) is 6.54 Å². The SMILES string of the molecule is Cc1ccc(C(=O)CNC(=O)c2ccc(Cl)c([N+](=O)[O-])c2)cc1. The molecular weight excluding hydrogens is 320 g/mol. The highest BCUT2D eigenvalue weighted by Gasteiger charge is 2.17. The quantitative estimate of drug-likeness (QED) is 0.517. The molecule has 0 bridgehead atoms. The molecule has 0 unspecified atom stereocenters. The normalized spacial score (nSPS) is 10.2. The first-order chi connectivity index (χ1) is 10.9. The second-order valence-corrected chi connectivity index (χ2v) is 5.30. The lowest BCUT2D eigenvalue weighted by molar-refractivity contribution is -0.384. The molecule has 2 aromatic carbocycles. The predicted molar refractivity (Wildman–Crippen MR) is 85.9 cm³/mol. The Kier molecular flexibility index (Phi) is 5.08. The second kappa shape index (κ2) is 7.02. The van der Waals surface area contributed by atoms with Crippen molar-refractivity contribution in [1.82, 2.24) is 5.32 Å². The first-order valence-corrected chi connectivity index (χ1v) is 7.08. The number of rotatable bonds is 5. The summed E-state index contributed by atoms with van der Waals surface area (Å²) < 4.78 is 0. The lowest BCUT2D eigenvalue weighted by atomic mass is 10.1. The molecule has 6 nitrogen and oxygen atoms in total. The summed E-state index contributed by atoms with van der Waals surface area (Å²) in [5, 5.41) is 13.2. The molecule has 0 saturated heterocycles. The summed E-state index contributed by atoms with van der Waals surface area (Å²) in [5.74, 6) is -0.827. The molecule has 2 rings (SSSR count). The minimum Gasteiger partial charge on any atom is -0.345 e. The lowest BCUT2D eigenvalue weighted by Crippen LogP contribution is -2.29. The lowest BCUT2D eigenvalue weighted by Gasteiger charge is -2.06. The number of nitrogens with one attached hydrogen (secondary N) is 1. The molecule has 1 N–H and O–H groups in total. The highest BCUT2D eigenvalue weighted by molar-refractivity contribution is 6.32. The van der Waals surface area contributed by atoms with E-state index in [9.17, 15) is 19.7 Å². The number of benzene rings is 2. The van der Waals surface area contributed by atoms with Gasteiger partial charge in [-0.1, -0.05) is 41.4 Å². The monoisotopic (exact) mass is 332 g/mol. The number of halogens is 1. The van der Waals surface area contributed by atoms with Gasteiger partial charge in [-0.3, -0.25) is 19.7 Å². The third-order valence-corrected chi connectivity index (χ3v) is 3.51. The Labute approximate surface area is 137 Å². The number of carbonyl (C=O) groups is 2. The van der Waals surface area contributed by atoms with Crippen LogP contribution in [0.15, 0.2) is 42.5 Å². The Morgan fingerprint density at radius 3 is 2.35 bits per heavy atom. The van der Waals surface area contributed by atoms with Gasteiger partial charge in [0.15, 0.2) is 5.78 Å².